The molecular formula is C111H98Cl9N3O14S2. The summed E-state index contributed by atoms with van der Waals surface area (Å²) < 4.78 is 87.6. The average Bonchev–Trinajstić information content (AvgIpc) is 1.61. The molecule has 0 amide bonds. The molecule has 11 aromatic carbocycles. The highest BCUT2D eigenvalue weighted by molar-refractivity contribution is 7.92. The van der Waals surface area contributed by atoms with Crippen molar-refractivity contribution in [1.29, 1.82) is 0 Å². The number of benzene rings is 11. The Morgan fingerprint density at radius 1 is 0.353 bits per heavy atom. The fourth-order valence-electron chi connectivity index (χ4n) is 18.1. The van der Waals surface area contributed by atoms with Gasteiger partial charge in [0, 0.05) is 62.4 Å². The van der Waals surface area contributed by atoms with Crippen molar-refractivity contribution in [3.05, 3.63) is 371 Å². The molecule has 6 aliphatic rings. The zero-order valence-electron chi connectivity index (χ0n) is 76.8. The quantitative estimate of drug-likeness (QED) is 0.0412. The summed E-state index contributed by atoms with van der Waals surface area (Å²) in [7, 11) is -7.44. The molecular weight excluding hydrogens is 1980 g/mol. The third-order valence-corrected chi connectivity index (χ3v) is 32.9. The highest BCUT2D eigenvalue weighted by atomic mass is 35.5. The lowest BCUT2D eigenvalue weighted by Crippen LogP contribution is -2.18. The maximum absolute atomic E-state index is 12.9. The van der Waals surface area contributed by atoms with E-state index >= 15 is 0 Å². The van der Waals surface area contributed by atoms with E-state index in [1.54, 1.807) is 91.0 Å². The summed E-state index contributed by atoms with van der Waals surface area (Å²) in [4.78, 5) is 37.1. The molecule has 0 bridgehead atoms. The number of aromatic carboxylic acids is 1. The third-order valence-electron chi connectivity index (χ3n) is 26.6. The number of carboxylic acid groups (broad SMARTS) is 1. The van der Waals surface area contributed by atoms with Gasteiger partial charge in [-0.15, -0.1) is 0 Å². The van der Waals surface area contributed by atoms with Crippen LogP contribution in [0.25, 0.3) is 33.8 Å². The van der Waals surface area contributed by atoms with Gasteiger partial charge in [0.15, 0.2) is 31.2 Å². The zero-order valence-corrected chi connectivity index (χ0v) is 85.2. The standard InChI is InChI=1S/2C41H38Cl3NO5S.C29H22Cl3NO4/c2*1-41(2,3)27-13-16-30(17-14-27)51(47,48)23-28(46)19-24-7-9-25(10-8-24)32-21-33(32)31-18-15-29(20-37(31)44)49-22-34-39(45-50-40(34)26-11-12-26)38-35(42)5-4-6-36(38)43;30-23-2-1-3-24(31)26(23)27-22(28(37-33-27)16-6-7-16)14-36-18-10-11-19(25(32)12-18)21-13-20(21)15-4-8-17(9-5-15)29(34)35/h2*4-10,13-18,20,26,32-33H,11-12,19,21-23H2,1-3H3;1-5,8-12,16,20-21H,6-7,13-14H2,(H,34,35)/t2*32-,33-;20-,21-/m000/s1. The summed E-state index contributed by atoms with van der Waals surface area (Å²) in [5.41, 5.74) is 16.6. The molecule has 0 aliphatic heterocycles. The van der Waals surface area contributed by atoms with Crippen LogP contribution in [0.1, 0.15) is 253 Å². The molecule has 0 unspecified atom stereocenters. The first-order valence-corrected chi connectivity index (χ1v) is 52.9. The maximum atomic E-state index is 12.9. The van der Waals surface area contributed by atoms with E-state index in [0.29, 0.717) is 138 Å². The molecule has 28 heteroatoms. The van der Waals surface area contributed by atoms with Gasteiger partial charge in [0.25, 0.3) is 0 Å². The number of Topliss-reactive ketones (excluding diaryl/α,β-unsaturated/α-hetero) is 2. The number of hydrogen-bond acceptors (Lipinski definition) is 16. The Labute approximate surface area is 853 Å². The number of halogens is 9. The third kappa shape index (κ3) is 23.1. The lowest BCUT2D eigenvalue weighted by Gasteiger charge is -2.19. The number of nitrogens with zero attached hydrogens (tertiary/aromatic N) is 3. The van der Waals surface area contributed by atoms with Gasteiger partial charge in [0.2, 0.25) is 0 Å². The van der Waals surface area contributed by atoms with Crippen LogP contribution in [-0.4, -0.2) is 66.5 Å². The molecule has 14 aromatic rings. The molecule has 3 heterocycles. The minimum atomic E-state index is -3.72. The lowest BCUT2D eigenvalue weighted by atomic mass is 9.87. The van der Waals surface area contributed by atoms with Gasteiger partial charge in [-0.2, -0.15) is 0 Å². The minimum Gasteiger partial charge on any atom is -0.489 e. The van der Waals surface area contributed by atoms with Gasteiger partial charge in [-0.25, -0.2) is 21.6 Å². The Morgan fingerprint density at radius 2 is 0.626 bits per heavy atom. The number of rotatable bonds is 32. The van der Waals surface area contributed by atoms with Gasteiger partial charge >= 0.3 is 5.97 Å². The predicted molar refractivity (Wildman–Crippen MR) is 548 cm³/mol. The zero-order chi connectivity index (χ0) is 97.8. The van der Waals surface area contributed by atoms with E-state index < -0.39 is 37.1 Å². The van der Waals surface area contributed by atoms with Crippen LogP contribution in [0.3, 0.4) is 0 Å². The summed E-state index contributed by atoms with van der Waals surface area (Å²) >= 11 is 59.3. The van der Waals surface area contributed by atoms with E-state index in [9.17, 15) is 31.2 Å². The largest absolute Gasteiger partial charge is 0.489 e. The summed E-state index contributed by atoms with van der Waals surface area (Å²) in [5.74, 6) is 4.46. The molecule has 6 fully saturated rings. The lowest BCUT2D eigenvalue weighted by molar-refractivity contribution is -0.116. The van der Waals surface area contributed by atoms with Crippen LogP contribution >= 0.6 is 104 Å². The van der Waals surface area contributed by atoms with E-state index in [0.717, 1.165) is 147 Å². The van der Waals surface area contributed by atoms with Crippen molar-refractivity contribution in [3.8, 4) is 51.0 Å². The number of ketones is 2. The molecule has 0 spiro atoms. The normalized spacial score (nSPS) is 17.7. The van der Waals surface area contributed by atoms with E-state index in [1.807, 2.05) is 140 Å². The van der Waals surface area contributed by atoms with Crippen molar-refractivity contribution < 1.29 is 64.1 Å². The first-order chi connectivity index (χ1) is 66.5. The molecule has 6 aliphatic carbocycles. The van der Waals surface area contributed by atoms with Crippen LogP contribution in [0.4, 0.5) is 0 Å². The Kier molecular flexibility index (Phi) is 29.2. The summed E-state index contributed by atoms with van der Waals surface area (Å²) in [6.07, 6.45) is 9.28. The van der Waals surface area contributed by atoms with Gasteiger partial charge in [-0.1, -0.05) is 283 Å². The molecule has 139 heavy (non-hydrogen) atoms. The first-order valence-electron chi connectivity index (χ1n) is 46.2. The van der Waals surface area contributed by atoms with Crippen LogP contribution in [-0.2, 0) is 72.8 Å². The Balaban J connectivity index is 0.000000140. The number of carbonyl (C=O) groups is 3. The van der Waals surface area contributed by atoms with E-state index in [2.05, 4.69) is 57.0 Å². The molecule has 3 aromatic heterocycles. The van der Waals surface area contributed by atoms with Crippen molar-refractivity contribution in [1.82, 2.24) is 15.5 Å². The van der Waals surface area contributed by atoms with Crippen LogP contribution < -0.4 is 14.2 Å². The van der Waals surface area contributed by atoms with E-state index in [-0.39, 0.29) is 82.2 Å². The second-order valence-corrected chi connectivity index (χ2v) is 46.5. The fraction of sp³-hybridized carbons (Fsp3) is 0.297. The van der Waals surface area contributed by atoms with Crippen molar-refractivity contribution in [2.24, 2.45) is 0 Å². The topological polar surface area (TPSA) is 245 Å². The van der Waals surface area contributed by atoms with Gasteiger partial charge in [-0.05, 0) is 269 Å². The van der Waals surface area contributed by atoms with E-state index in [4.69, 9.17) is 137 Å². The summed E-state index contributed by atoms with van der Waals surface area (Å²) in [6, 6.07) is 69.9. The minimum absolute atomic E-state index is 0.0604. The number of carbonyl (C=O) groups excluding carboxylic acids is 2. The first kappa shape index (κ1) is 98.9. The highest BCUT2D eigenvalue weighted by Crippen LogP contribution is 2.60. The van der Waals surface area contributed by atoms with Crippen LogP contribution in [0.15, 0.2) is 254 Å². The van der Waals surface area contributed by atoms with Crippen LogP contribution in [0.5, 0.6) is 17.2 Å². The van der Waals surface area contributed by atoms with Gasteiger partial charge in [-0.3, -0.25) is 9.59 Å². The number of carboxylic acids is 1. The Bertz CT molecular complexity index is 6870. The smallest absolute Gasteiger partial charge is 0.335 e. The second kappa shape index (κ2) is 41.0. The van der Waals surface area contributed by atoms with Gasteiger partial charge in [0.05, 0.1) is 62.2 Å². The Hall–Kier alpha value is -10.2. The monoisotopic (exact) mass is 2080 g/mol. The molecule has 17 nitrogen and oxygen atoms in total. The molecule has 6 atom stereocenters. The summed E-state index contributed by atoms with van der Waals surface area (Å²) in [5, 5.41) is 27.1. The SMILES string of the molecule is CC(C)(C)c1ccc(S(=O)(=O)CC(=O)Cc2ccc([C@@H]3C[C@H]3c3ccc(OCc4c(-c5c(Cl)cccc5Cl)noc4C4CC4)cc3Cl)cc2)cc1.CC(C)(C)c1ccc(S(=O)(=O)CC(=O)Cc2ccc([C@@H]3C[C@H]3c3ccc(OCc4c(-c5c(Cl)cccc5Cl)noc4C4CC4)cc3Cl)cc2)cc1.O=C(O)c1ccc([C@@H]2C[C@H]2c2ccc(OCc3c(-c4c(Cl)cccc4Cl)noc3C3CC3)cc2Cl)cc1. The highest BCUT2D eigenvalue weighted by Gasteiger charge is 2.45. The second-order valence-electron chi connectivity index (χ2n) is 38.9. The number of ether oxygens (including phenoxy) is 3. The van der Waals surface area contributed by atoms with Crippen molar-refractivity contribution in [2.45, 2.75) is 206 Å². The molecule has 0 saturated heterocycles. The molecule has 716 valence electrons. The molecule has 1 N–H and O–H groups in total. The molecule has 0 radical (unpaired) electrons. The molecule has 20 rings (SSSR count). The fourth-order valence-corrected chi connectivity index (χ4v) is 23.3. The van der Waals surface area contributed by atoms with Crippen molar-refractivity contribution in [2.75, 3.05) is 11.5 Å². The number of hydrogen-bond donors (Lipinski definition) is 1. The van der Waals surface area contributed by atoms with E-state index in [1.165, 1.54) is 0 Å². The number of sulfone groups is 2. The average molecular weight is 2080 g/mol. The Morgan fingerprint density at radius 3 is 0.878 bits per heavy atom. The van der Waals surface area contributed by atoms with Crippen molar-refractivity contribution >= 4 is 142 Å². The number of aromatic nitrogens is 3. The summed E-state index contributed by atoms with van der Waals surface area (Å²) in [6.45, 7) is 13.1. The van der Waals surface area contributed by atoms with Gasteiger partial charge < -0.3 is 32.9 Å². The van der Waals surface area contributed by atoms with Gasteiger partial charge in [0.1, 0.15) is 82.9 Å². The molecule has 6 saturated carbocycles. The van der Waals surface area contributed by atoms with Crippen LogP contribution in [0.2, 0.25) is 45.2 Å². The van der Waals surface area contributed by atoms with Crippen molar-refractivity contribution in [3.63, 3.8) is 0 Å². The predicted octanol–water partition coefficient (Wildman–Crippen LogP) is 30.6. The maximum Gasteiger partial charge on any atom is 0.335 e. The van der Waals surface area contributed by atoms with Crippen LogP contribution in [0, 0.1) is 0 Å².